The second kappa shape index (κ2) is 23.6. The van der Waals surface area contributed by atoms with Gasteiger partial charge in [0.2, 0.25) is 0 Å². The van der Waals surface area contributed by atoms with Gasteiger partial charge in [-0.3, -0.25) is 0 Å². The van der Waals surface area contributed by atoms with Crippen LogP contribution in [-0.2, 0) is 0 Å². The quantitative estimate of drug-likeness (QED) is 0.143. The van der Waals surface area contributed by atoms with Crippen molar-refractivity contribution in [1.82, 2.24) is 0 Å². The lowest BCUT2D eigenvalue weighted by atomic mass is 10.0. The van der Waals surface area contributed by atoms with Gasteiger partial charge in [0.25, 0.3) is 0 Å². The number of fused-ring (bicyclic) bond motifs is 4. The Labute approximate surface area is 385 Å². The SMILES string of the molecule is Cc1cc(C)c2ccccc2c1.Cc1cc(C)c2ccccc2c1.Cc1ccc(C)c2ccccc12.Cc1ccc(C)cc1.Cc1cccc(C)c1.Cc1cccc2c(C)cccc12. The normalized spacial score (nSPS) is 10.2. The highest BCUT2D eigenvalue weighted by Crippen LogP contribution is 2.23. The first-order chi connectivity index (χ1) is 30.7. The predicted molar refractivity (Wildman–Crippen MR) is 286 cm³/mol. The van der Waals surface area contributed by atoms with Gasteiger partial charge in [-0.2, -0.15) is 0 Å². The average Bonchev–Trinajstić information content (AvgIpc) is 3.28. The minimum Gasteiger partial charge on any atom is -0.0617 e. The molecule has 0 N–H and O–H groups in total. The summed E-state index contributed by atoms with van der Waals surface area (Å²) in [6, 6.07) is 68.6. The average molecular weight is 837 g/mol. The lowest BCUT2D eigenvalue weighted by Crippen LogP contribution is -1.80. The highest BCUT2D eigenvalue weighted by atomic mass is 14.0. The van der Waals surface area contributed by atoms with E-state index in [1.165, 1.54) is 110 Å². The summed E-state index contributed by atoms with van der Waals surface area (Å²) in [5.74, 6) is 0. The van der Waals surface area contributed by atoms with Crippen molar-refractivity contribution >= 4 is 43.1 Å². The molecule has 0 unspecified atom stereocenters. The highest BCUT2D eigenvalue weighted by molar-refractivity contribution is 5.89. The molecule has 0 bridgehead atoms. The predicted octanol–water partition coefficient (Wildman–Crippen LogP) is 18.4. The Morgan fingerprint density at radius 1 is 0.172 bits per heavy atom. The molecule has 0 heterocycles. The van der Waals surface area contributed by atoms with Gasteiger partial charge in [0.1, 0.15) is 0 Å². The lowest BCUT2D eigenvalue weighted by molar-refractivity contribution is 1.39. The Kier molecular flexibility index (Phi) is 17.8. The molecule has 324 valence electrons. The van der Waals surface area contributed by atoms with Gasteiger partial charge < -0.3 is 0 Å². The zero-order chi connectivity index (χ0) is 46.2. The van der Waals surface area contributed by atoms with E-state index >= 15 is 0 Å². The Balaban J connectivity index is 0.000000146. The molecule has 0 nitrogen and oxygen atoms in total. The second-order valence-electron chi connectivity index (χ2n) is 17.4. The van der Waals surface area contributed by atoms with Crippen LogP contribution in [0.2, 0.25) is 0 Å². The zero-order valence-electron chi connectivity index (χ0n) is 40.5. The summed E-state index contributed by atoms with van der Waals surface area (Å²) in [5.41, 5.74) is 16.2. The van der Waals surface area contributed by atoms with E-state index < -0.39 is 0 Å². The molecule has 64 heavy (non-hydrogen) atoms. The lowest BCUT2D eigenvalue weighted by Gasteiger charge is -2.03. The summed E-state index contributed by atoms with van der Waals surface area (Å²) in [5, 5.41) is 10.9. The molecule has 0 aliphatic rings. The molecule has 0 amide bonds. The fourth-order valence-electron chi connectivity index (χ4n) is 8.04. The molecule has 0 aliphatic carbocycles. The largest absolute Gasteiger partial charge is 0.0617 e. The van der Waals surface area contributed by atoms with Crippen LogP contribution in [0, 0.1) is 83.1 Å². The number of aryl methyl sites for hydroxylation is 12. The monoisotopic (exact) mass is 837 g/mol. The van der Waals surface area contributed by atoms with Crippen LogP contribution in [0.5, 0.6) is 0 Å². The van der Waals surface area contributed by atoms with E-state index in [0.717, 1.165) is 0 Å². The van der Waals surface area contributed by atoms with E-state index in [-0.39, 0.29) is 0 Å². The third kappa shape index (κ3) is 14.1. The highest BCUT2D eigenvalue weighted by Gasteiger charge is 2.00. The molecule has 0 radical (unpaired) electrons. The maximum absolute atomic E-state index is 2.22. The summed E-state index contributed by atoms with van der Waals surface area (Å²) in [6.07, 6.45) is 0. The van der Waals surface area contributed by atoms with Gasteiger partial charge in [0.15, 0.2) is 0 Å². The van der Waals surface area contributed by atoms with Crippen molar-refractivity contribution < 1.29 is 0 Å². The topological polar surface area (TPSA) is 0 Å². The van der Waals surface area contributed by atoms with Crippen molar-refractivity contribution in [3.05, 3.63) is 261 Å². The van der Waals surface area contributed by atoms with Crippen molar-refractivity contribution in [2.45, 2.75) is 83.1 Å². The van der Waals surface area contributed by atoms with Crippen LogP contribution in [0.3, 0.4) is 0 Å². The first-order valence-electron chi connectivity index (χ1n) is 22.6. The van der Waals surface area contributed by atoms with E-state index in [1.54, 1.807) is 0 Å². The summed E-state index contributed by atoms with van der Waals surface area (Å²) in [4.78, 5) is 0. The van der Waals surface area contributed by atoms with Crippen LogP contribution in [0.1, 0.15) is 66.8 Å². The van der Waals surface area contributed by atoms with Crippen molar-refractivity contribution in [2.24, 2.45) is 0 Å². The van der Waals surface area contributed by atoms with Gasteiger partial charge in [-0.15, -0.1) is 0 Å². The molecule has 10 aromatic carbocycles. The van der Waals surface area contributed by atoms with Gasteiger partial charge >= 0.3 is 0 Å². The number of hydrogen-bond donors (Lipinski definition) is 0. The molecule has 10 rings (SSSR count). The van der Waals surface area contributed by atoms with Gasteiger partial charge in [0, 0.05) is 0 Å². The van der Waals surface area contributed by atoms with E-state index in [9.17, 15) is 0 Å². The van der Waals surface area contributed by atoms with Crippen LogP contribution in [0.4, 0.5) is 0 Å². The molecule has 10 aromatic rings. The van der Waals surface area contributed by atoms with E-state index in [2.05, 4.69) is 277 Å². The molecule has 0 saturated heterocycles. The van der Waals surface area contributed by atoms with Crippen molar-refractivity contribution in [3.8, 4) is 0 Å². The van der Waals surface area contributed by atoms with E-state index in [1.807, 2.05) is 0 Å². The van der Waals surface area contributed by atoms with Gasteiger partial charge in [0.05, 0.1) is 0 Å². The van der Waals surface area contributed by atoms with E-state index in [4.69, 9.17) is 0 Å². The Morgan fingerprint density at radius 2 is 0.469 bits per heavy atom. The standard InChI is InChI=1S/4C12H12.2C8H10/c1-9-5-3-8-12-10(2)6-4-7-11(9)12;2*1-9-7-10(2)12-6-4-3-5-11(12)8-9;1-9-7-8-10(2)12-6-4-3-5-11(9)12;1-7-3-5-8(2)6-4-7;1-7-4-3-5-8(2)6-7/h4*3-8H,1-2H3;2*3-6H,1-2H3. The first-order valence-corrected chi connectivity index (χ1v) is 22.6. The minimum atomic E-state index is 1.33. The van der Waals surface area contributed by atoms with Crippen molar-refractivity contribution in [3.63, 3.8) is 0 Å². The Hall–Kier alpha value is -6.76. The third-order valence-corrected chi connectivity index (χ3v) is 11.5. The Morgan fingerprint density at radius 3 is 0.812 bits per heavy atom. The molecular weight excluding hydrogens is 769 g/mol. The smallest absolute Gasteiger partial charge is 0.0152 e. The second-order valence-corrected chi connectivity index (χ2v) is 17.4. The summed E-state index contributed by atoms with van der Waals surface area (Å²) in [6.45, 7) is 25.6. The van der Waals surface area contributed by atoms with Gasteiger partial charge in [-0.25, -0.2) is 0 Å². The molecule has 0 atom stereocenters. The molecular formula is C64H68. The Bertz CT molecular complexity index is 2810. The fraction of sp³-hybridized carbons (Fsp3) is 0.188. The molecule has 0 aliphatic heterocycles. The maximum atomic E-state index is 2.22. The first kappa shape index (κ1) is 48.3. The molecule has 0 aromatic heterocycles. The summed E-state index contributed by atoms with van der Waals surface area (Å²) < 4.78 is 0. The van der Waals surface area contributed by atoms with Crippen LogP contribution >= 0.6 is 0 Å². The number of benzene rings is 10. The zero-order valence-corrected chi connectivity index (χ0v) is 40.5. The molecule has 0 saturated carbocycles. The maximum Gasteiger partial charge on any atom is -0.0152 e. The van der Waals surface area contributed by atoms with Gasteiger partial charge in [-0.1, -0.05) is 228 Å². The number of hydrogen-bond acceptors (Lipinski definition) is 0. The minimum absolute atomic E-state index is 1.33. The van der Waals surface area contributed by atoms with Crippen LogP contribution in [-0.4, -0.2) is 0 Å². The van der Waals surface area contributed by atoms with Crippen molar-refractivity contribution in [2.75, 3.05) is 0 Å². The summed E-state index contributed by atoms with van der Waals surface area (Å²) >= 11 is 0. The molecule has 0 fully saturated rings. The van der Waals surface area contributed by atoms with Gasteiger partial charge in [-0.05, 0) is 160 Å². The van der Waals surface area contributed by atoms with E-state index in [0.29, 0.717) is 0 Å². The van der Waals surface area contributed by atoms with Crippen LogP contribution < -0.4 is 0 Å². The van der Waals surface area contributed by atoms with Crippen LogP contribution in [0.25, 0.3) is 43.1 Å². The molecule has 0 spiro atoms. The van der Waals surface area contributed by atoms with Crippen molar-refractivity contribution in [1.29, 1.82) is 0 Å². The summed E-state index contributed by atoms with van der Waals surface area (Å²) in [7, 11) is 0. The number of rotatable bonds is 0. The fourth-order valence-corrected chi connectivity index (χ4v) is 8.04. The van der Waals surface area contributed by atoms with Crippen LogP contribution in [0.15, 0.2) is 194 Å². The third-order valence-electron chi connectivity index (χ3n) is 11.5. The molecule has 0 heteroatoms.